The van der Waals surface area contributed by atoms with Crippen LogP contribution in [0.4, 0.5) is 4.39 Å². The number of benzene rings is 1. The van der Waals surface area contributed by atoms with Crippen molar-refractivity contribution in [2.75, 3.05) is 7.11 Å². The first kappa shape index (κ1) is 11.9. The zero-order valence-corrected chi connectivity index (χ0v) is 9.21. The molecule has 82 valence electrons. The van der Waals surface area contributed by atoms with Crippen LogP contribution in [-0.4, -0.2) is 19.0 Å². The topological polar surface area (TPSA) is 26.3 Å². The van der Waals surface area contributed by atoms with Crippen LogP contribution in [-0.2, 0) is 16.0 Å². The van der Waals surface area contributed by atoms with Crippen LogP contribution < -0.4 is 0 Å². The Balaban J connectivity index is 2.80. The van der Waals surface area contributed by atoms with Gasteiger partial charge in [-0.15, -0.1) is 0 Å². The van der Waals surface area contributed by atoms with Crippen LogP contribution in [0.25, 0.3) is 0 Å². The Labute approximate surface area is 89.1 Å². The highest BCUT2D eigenvalue weighted by Crippen LogP contribution is 2.12. The van der Waals surface area contributed by atoms with Crippen molar-refractivity contribution >= 4 is 5.78 Å². The third-order valence-electron chi connectivity index (χ3n) is 2.48. The van der Waals surface area contributed by atoms with E-state index < -0.39 is 6.10 Å². The molecule has 1 atom stereocenters. The fraction of sp³-hybridized carbons (Fsp3) is 0.417. The predicted molar refractivity (Wildman–Crippen MR) is 56.3 cm³/mol. The van der Waals surface area contributed by atoms with Gasteiger partial charge in [0.15, 0.2) is 5.78 Å². The van der Waals surface area contributed by atoms with E-state index in [0.29, 0.717) is 0 Å². The minimum atomic E-state index is -0.437. The van der Waals surface area contributed by atoms with Crippen molar-refractivity contribution in [3.63, 3.8) is 0 Å². The molecule has 0 aromatic heterocycles. The predicted octanol–water partition coefficient (Wildman–Crippen LogP) is 2.28. The van der Waals surface area contributed by atoms with E-state index in [1.54, 1.807) is 13.0 Å². The zero-order valence-electron chi connectivity index (χ0n) is 9.21. The first-order chi connectivity index (χ1) is 7.04. The van der Waals surface area contributed by atoms with Crippen molar-refractivity contribution < 1.29 is 13.9 Å². The highest BCUT2D eigenvalue weighted by atomic mass is 19.1. The summed E-state index contributed by atoms with van der Waals surface area (Å²) in [5.74, 6) is -0.348. The van der Waals surface area contributed by atoms with E-state index in [2.05, 4.69) is 0 Å². The second kappa shape index (κ2) is 5.03. The summed E-state index contributed by atoms with van der Waals surface area (Å²) in [5, 5.41) is 0. The number of carbonyl (C=O) groups excluding carboxylic acids is 1. The SMILES string of the molecule is COC(C)C(=O)Cc1cc(F)ccc1C. The van der Waals surface area contributed by atoms with Crippen LogP contribution in [0.15, 0.2) is 18.2 Å². The number of ether oxygens (including phenoxy) is 1. The molecule has 0 amide bonds. The van der Waals surface area contributed by atoms with Crippen LogP contribution >= 0.6 is 0 Å². The van der Waals surface area contributed by atoms with Crippen molar-refractivity contribution in [3.05, 3.63) is 35.1 Å². The van der Waals surface area contributed by atoms with Crippen molar-refractivity contribution in [2.45, 2.75) is 26.4 Å². The molecule has 0 aliphatic rings. The maximum Gasteiger partial charge on any atom is 0.165 e. The first-order valence-electron chi connectivity index (χ1n) is 4.85. The minimum Gasteiger partial charge on any atom is -0.374 e. The van der Waals surface area contributed by atoms with E-state index in [0.717, 1.165) is 11.1 Å². The van der Waals surface area contributed by atoms with Gasteiger partial charge in [0.25, 0.3) is 0 Å². The lowest BCUT2D eigenvalue weighted by Crippen LogP contribution is -2.21. The molecule has 15 heavy (non-hydrogen) atoms. The van der Waals surface area contributed by atoms with Crippen molar-refractivity contribution in [1.82, 2.24) is 0 Å². The molecule has 0 aliphatic carbocycles. The van der Waals surface area contributed by atoms with Crippen molar-refractivity contribution in [1.29, 1.82) is 0 Å². The van der Waals surface area contributed by atoms with Gasteiger partial charge in [-0.05, 0) is 37.1 Å². The zero-order chi connectivity index (χ0) is 11.4. The van der Waals surface area contributed by atoms with Crippen LogP contribution in [0.1, 0.15) is 18.1 Å². The number of hydrogen-bond acceptors (Lipinski definition) is 2. The molecule has 1 aromatic carbocycles. The third-order valence-corrected chi connectivity index (χ3v) is 2.48. The summed E-state index contributed by atoms with van der Waals surface area (Å²) in [6.45, 7) is 3.55. The summed E-state index contributed by atoms with van der Waals surface area (Å²) in [6.07, 6.45) is -0.217. The molecule has 0 saturated heterocycles. The summed E-state index contributed by atoms with van der Waals surface area (Å²) >= 11 is 0. The molecule has 2 nitrogen and oxygen atoms in total. The molecular formula is C12H15FO2. The van der Waals surface area contributed by atoms with E-state index in [9.17, 15) is 9.18 Å². The maximum atomic E-state index is 12.9. The Kier molecular flexibility index (Phi) is 3.97. The van der Waals surface area contributed by atoms with Gasteiger partial charge in [-0.25, -0.2) is 4.39 Å². The smallest absolute Gasteiger partial charge is 0.165 e. The molecular weight excluding hydrogens is 195 g/mol. The van der Waals surface area contributed by atoms with Crippen LogP contribution in [0.5, 0.6) is 0 Å². The fourth-order valence-corrected chi connectivity index (χ4v) is 1.29. The Bertz CT molecular complexity index is 361. The van der Waals surface area contributed by atoms with E-state index >= 15 is 0 Å². The monoisotopic (exact) mass is 210 g/mol. The number of carbonyl (C=O) groups is 1. The van der Waals surface area contributed by atoms with Gasteiger partial charge in [0.05, 0.1) is 0 Å². The molecule has 0 aliphatic heterocycles. The summed E-state index contributed by atoms with van der Waals surface area (Å²) in [6, 6.07) is 4.47. The average molecular weight is 210 g/mol. The van der Waals surface area contributed by atoms with Gasteiger partial charge >= 0.3 is 0 Å². The van der Waals surface area contributed by atoms with Crippen molar-refractivity contribution in [3.8, 4) is 0 Å². The number of Topliss-reactive ketones (excluding diaryl/α,β-unsaturated/α-hetero) is 1. The summed E-state index contributed by atoms with van der Waals surface area (Å²) in [4.78, 5) is 11.6. The van der Waals surface area contributed by atoms with E-state index in [-0.39, 0.29) is 18.0 Å². The standard InChI is InChI=1S/C12H15FO2/c1-8-4-5-11(13)6-10(8)7-12(14)9(2)15-3/h4-6,9H,7H2,1-3H3. The van der Waals surface area contributed by atoms with E-state index in [1.807, 2.05) is 6.92 Å². The number of rotatable bonds is 4. The van der Waals surface area contributed by atoms with Gasteiger partial charge in [-0.3, -0.25) is 4.79 Å². The summed E-state index contributed by atoms with van der Waals surface area (Å²) in [7, 11) is 1.49. The van der Waals surface area contributed by atoms with E-state index in [4.69, 9.17) is 4.74 Å². The molecule has 0 bridgehead atoms. The highest BCUT2D eigenvalue weighted by molar-refractivity contribution is 5.85. The van der Waals surface area contributed by atoms with Gasteiger partial charge in [-0.1, -0.05) is 6.07 Å². The lowest BCUT2D eigenvalue weighted by atomic mass is 10.0. The van der Waals surface area contributed by atoms with Gasteiger partial charge in [0.1, 0.15) is 11.9 Å². The van der Waals surface area contributed by atoms with Crippen LogP contribution in [0.2, 0.25) is 0 Å². The molecule has 1 rings (SSSR count). The number of halogens is 1. The van der Waals surface area contributed by atoms with Gasteiger partial charge < -0.3 is 4.74 Å². The molecule has 0 spiro atoms. The lowest BCUT2D eigenvalue weighted by molar-refractivity contribution is -0.127. The summed E-state index contributed by atoms with van der Waals surface area (Å²) in [5.41, 5.74) is 1.65. The molecule has 0 heterocycles. The maximum absolute atomic E-state index is 12.9. The largest absolute Gasteiger partial charge is 0.374 e. The number of methoxy groups -OCH3 is 1. The molecule has 1 aromatic rings. The first-order valence-corrected chi connectivity index (χ1v) is 4.85. The Morgan fingerprint density at radius 2 is 2.20 bits per heavy atom. The highest BCUT2D eigenvalue weighted by Gasteiger charge is 2.13. The molecule has 0 radical (unpaired) electrons. The van der Waals surface area contributed by atoms with Gasteiger partial charge in [0.2, 0.25) is 0 Å². The molecule has 3 heteroatoms. The second-order valence-corrected chi connectivity index (χ2v) is 3.59. The Morgan fingerprint density at radius 1 is 1.53 bits per heavy atom. The lowest BCUT2D eigenvalue weighted by Gasteiger charge is -2.09. The van der Waals surface area contributed by atoms with Crippen LogP contribution in [0, 0.1) is 12.7 Å². The van der Waals surface area contributed by atoms with Gasteiger partial charge in [0, 0.05) is 13.5 Å². The fourth-order valence-electron chi connectivity index (χ4n) is 1.29. The normalized spacial score (nSPS) is 12.5. The molecule has 0 saturated carbocycles. The molecule has 0 fully saturated rings. The Morgan fingerprint density at radius 3 is 2.80 bits per heavy atom. The second-order valence-electron chi connectivity index (χ2n) is 3.59. The van der Waals surface area contributed by atoms with Crippen LogP contribution in [0.3, 0.4) is 0 Å². The number of aryl methyl sites for hydroxylation is 1. The minimum absolute atomic E-state index is 0.0359. The molecule has 0 N–H and O–H groups in total. The summed E-state index contributed by atoms with van der Waals surface area (Å²) < 4.78 is 17.8. The van der Waals surface area contributed by atoms with Gasteiger partial charge in [-0.2, -0.15) is 0 Å². The quantitative estimate of drug-likeness (QED) is 0.762. The van der Waals surface area contributed by atoms with Crippen molar-refractivity contribution in [2.24, 2.45) is 0 Å². The number of ketones is 1. The van der Waals surface area contributed by atoms with E-state index in [1.165, 1.54) is 19.2 Å². The number of hydrogen-bond donors (Lipinski definition) is 0. The molecule has 1 unspecified atom stereocenters. The Hall–Kier alpha value is -1.22. The third kappa shape index (κ3) is 3.13. The average Bonchev–Trinajstić information content (AvgIpc) is 2.22.